The lowest BCUT2D eigenvalue weighted by molar-refractivity contribution is 0.451. The van der Waals surface area contributed by atoms with Gasteiger partial charge >= 0.3 is 0 Å². The van der Waals surface area contributed by atoms with E-state index in [1.54, 1.807) is 18.1 Å². The lowest BCUT2D eigenvalue weighted by atomic mass is 9.96. The molecule has 0 bridgehead atoms. The Labute approximate surface area is 81.7 Å². The van der Waals surface area contributed by atoms with Crippen LogP contribution in [0.2, 0.25) is 0 Å². The normalized spacial score (nSPS) is 29.0. The largest absolute Gasteiger partial charge is 0.328 e. The minimum absolute atomic E-state index is 0.383. The third-order valence-electron chi connectivity index (χ3n) is 2.34. The average Bonchev–Trinajstić information content (AvgIpc) is 2.57. The average molecular weight is 198 g/mol. The summed E-state index contributed by atoms with van der Waals surface area (Å²) in [6, 6.07) is 0.383. The van der Waals surface area contributed by atoms with Crippen molar-refractivity contribution in [1.82, 2.24) is 15.2 Å². The summed E-state index contributed by atoms with van der Waals surface area (Å²) in [5, 5.41) is 8.22. The highest BCUT2D eigenvalue weighted by molar-refractivity contribution is 7.99. The molecule has 72 valence electrons. The van der Waals surface area contributed by atoms with Crippen molar-refractivity contribution in [3.63, 3.8) is 0 Å². The molecular weight excluding hydrogens is 184 g/mol. The van der Waals surface area contributed by atoms with E-state index in [9.17, 15) is 0 Å². The van der Waals surface area contributed by atoms with Gasteiger partial charge in [-0.15, -0.1) is 0 Å². The molecule has 1 saturated carbocycles. The first-order valence-corrected chi connectivity index (χ1v) is 5.50. The van der Waals surface area contributed by atoms with Crippen LogP contribution >= 0.6 is 11.8 Å². The SMILES string of the molecule is NC1CCCC(Sc2ncn[nH]2)C1. The molecule has 1 aromatic rings. The highest BCUT2D eigenvalue weighted by Crippen LogP contribution is 2.30. The molecule has 1 aliphatic rings. The van der Waals surface area contributed by atoms with Gasteiger partial charge < -0.3 is 5.73 Å². The van der Waals surface area contributed by atoms with Crippen molar-refractivity contribution in [3.05, 3.63) is 6.33 Å². The molecule has 0 radical (unpaired) electrons. The Bertz CT molecular complexity index is 249. The maximum absolute atomic E-state index is 5.89. The van der Waals surface area contributed by atoms with Crippen LogP contribution in [0.5, 0.6) is 0 Å². The number of nitrogens with zero attached hydrogens (tertiary/aromatic N) is 2. The van der Waals surface area contributed by atoms with Gasteiger partial charge in [0.25, 0.3) is 0 Å². The van der Waals surface area contributed by atoms with Crippen LogP contribution in [0.1, 0.15) is 25.7 Å². The molecule has 1 aromatic heterocycles. The Kier molecular flexibility index (Phi) is 2.85. The van der Waals surface area contributed by atoms with Gasteiger partial charge in [-0.25, -0.2) is 4.98 Å². The monoisotopic (exact) mass is 198 g/mol. The van der Waals surface area contributed by atoms with Gasteiger partial charge in [0.1, 0.15) is 6.33 Å². The van der Waals surface area contributed by atoms with Gasteiger partial charge in [0, 0.05) is 11.3 Å². The zero-order chi connectivity index (χ0) is 9.10. The lowest BCUT2D eigenvalue weighted by Gasteiger charge is -2.24. The molecule has 2 atom stereocenters. The van der Waals surface area contributed by atoms with Crippen LogP contribution in [0.25, 0.3) is 0 Å². The van der Waals surface area contributed by atoms with E-state index in [0.717, 1.165) is 11.6 Å². The topological polar surface area (TPSA) is 67.6 Å². The van der Waals surface area contributed by atoms with E-state index in [4.69, 9.17) is 5.73 Å². The number of hydrogen-bond acceptors (Lipinski definition) is 4. The number of thioether (sulfide) groups is 1. The van der Waals surface area contributed by atoms with Gasteiger partial charge in [0.2, 0.25) is 0 Å². The van der Waals surface area contributed by atoms with Crippen molar-refractivity contribution in [2.75, 3.05) is 0 Å². The Hall–Kier alpha value is -0.550. The molecule has 5 heteroatoms. The summed E-state index contributed by atoms with van der Waals surface area (Å²) in [4.78, 5) is 4.09. The minimum atomic E-state index is 0.383. The third kappa shape index (κ3) is 2.45. The zero-order valence-corrected chi connectivity index (χ0v) is 8.26. The van der Waals surface area contributed by atoms with E-state index in [-0.39, 0.29) is 0 Å². The number of nitrogens with one attached hydrogen (secondary N) is 1. The molecule has 0 amide bonds. The van der Waals surface area contributed by atoms with Crippen molar-refractivity contribution < 1.29 is 0 Å². The lowest BCUT2D eigenvalue weighted by Crippen LogP contribution is -2.29. The molecule has 0 aromatic carbocycles. The Balaban J connectivity index is 1.87. The van der Waals surface area contributed by atoms with Crippen LogP contribution in [0.3, 0.4) is 0 Å². The molecule has 2 rings (SSSR count). The summed E-state index contributed by atoms with van der Waals surface area (Å²) in [7, 11) is 0. The molecule has 0 saturated heterocycles. The second-order valence-electron chi connectivity index (χ2n) is 3.46. The molecule has 1 fully saturated rings. The standard InChI is InChI=1S/C8H14N4S/c9-6-2-1-3-7(4-6)13-8-10-5-11-12-8/h5-7H,1-4,9H2,(H,10,11,12). The van der Waals surface area contributed by atoms with Crippen molar-refractivity contribution in [1.29, 1.82) is 0 Å². The third-order valence-corrected chi connectivity index (χ3v) is 3.52. The molecule has 2 unspecified atom stereocenters. The quantitative estimate of drug-likeness (QED) is 0.748. The van der Waals surface area contributed by atoms with E-state index in [2.05, 4.69) is 15.2 Å². The van der Waals surface area contributed by atoms with E-state index < -0.39 is 0 Å². The first-order chi connectivity index (χ1) is 6.34. The molecule has 4 nitrogen and oxygen atoms in total. The number of hydrogen-bond donors (Lipinski definition) is 2. The first-order valence-electron chi connectivity index (χ1n) is 4.62. The fourth-order valence-corrected chi connectivity index (χ4v) is 2.85. The summed E-state index contributed by atoms with van der Waals surface area (Å²) in [5.41, 5.74) is 5.89. The molecular formula is C8H14N4S. The summed E-state index contributed by atoms with van der Waals surface area (Å²) in [6.07, 6.45) is 6.32. The van der Waals surface area contributed by atoms with Gasteiger partial charge in [0.05, 0.1) is 0 Å². The summed E-state index contributed by atoms with van der Waals surface area (Å²) in [5.74, 6) is 0. The summed E-state index contributed by atoms with van der Waals surface area (Å²) in [6.45, 7) is 0. The van der Waals surface area contributed by atoms with Crippen LogP contribution in [-0.2, 0) is 0 Å². The van der Waals surface area contributed by atoms with Crippen molar-refractivity contribution in [3.8, 4) is 0 Å². The van der Waals surface area contributed by atoms with E-state index in [1.165, 1.54) is 19.3 Å². The predicted octanol–water partition coefficient (Wildman–Crippen LogP) is 1.17. The molecule has 0 aliphatic heterocycles. The van der Waals surface area contributed by atoms with E-state index >= 15 is 0 Å². The molecule has 13 heavy (non-hydrogen) atoms. The van der Waals surface area contributed by atoms with Gasteiger partial charge in [-0.2, -0.15) is 5.10 Å². The van der Waals surface area contributed by atoms with Gasteiger partial charge in [-0.05, 0) is 19.3 Å². The Morgan fingerprint density at radius 2 is 2.46 bits per heavy atom. The molecule has 1 heterocycles. The number of H-pyrrole nitrogens is 1. The fourth-order valence-electron chi connectivity index (χ4n) is 1.70. The van der Waals surface area contributed by atoms with Crippen LogP contribution in [0.15, 0.2) is 11.5 Å². The maximum Gasteiger partial charge on any atom is 0.183 e. The van der Waals surface area contributed by atoms with Crippen molar-refractivity contribution >= 4 is 11.8 Å². The van der Waals surface area contributed by atoms with Gasteiger partial charge in [-0.1, -0.05) is 18.2 Å². The van der Waals surface area contributed by atoms with E-state index in [1.807, 2.05) is 0 Å². The number of nitrogens with two attached hydrogens (primary N) is 1. The molecule has 3 N–H and O–H groups in total. The highest BCUT2D eigenvalue weighted by Gasteiger charge is 2.20. The molecule has 1 aliphatic carbocycles. The second kappa shape index (κ2) is 4.11. The predicted molar refractivity (Wildman–Crippen MR) is 52.5 cm³/mol. The van der Waals surface area contributed by atoms with Crippen LogP contribution in [0.4, 0.5) is 0 Å². The molecule has 0 spiro atoms. The van der Waals surface area contributed by atoms with Gasteiger partial charge in [0.15, 0.2) is 5.16 Å². The van der Waals surface area contributed by atoms with Gasteiger partial charge in [-0.3, -0.25) is 5.10 Å². The fraction of sp³-hybridized carbons (Fsp3) is 0.750. The zero-order valence-electron chi connectivity index (χ0n) is 7.44. The van der Waals surface area contributed by atoms with Crippen LogP contribution in [-0.4, -0.2) is 26.5 Å². The Morgan fingerprint density at radius 3 is 3.15 bits per heavy atom. The number of rotatable bonds is 2. The van der Waals surface area contributed by atoms with Crippen LogP contribution in [0, 0.1) is 0 Å². The second-order valence-corrected chi connectivity index (χ2v) is 4.75. The first kappa shape index (κ1) is 9.02. The minimum Gasteiger partial charge on any atom is -0.328 e. The van der Waals surface area contributed by atoms with E-state index in [0.29, 0.717) is 11.3 Å². The Morgan fingerprint density at radius 1 is 1.54 bits per heavy atom. The number of aromatic amines is 1. The number of aromatic nitrogens is 3. The highest BCUT2D eigenvalue weighted by atomic mass is 32.2. The van der Waals surface area contributed by atoms with Crippen LogP contribution < -0.4 is 5.73 Å². The smallest absolute Gasteiger partial charge is 0.183 e. The van der Waals surface area contributed by atoms with Crippen molar-refractivity contribution in [2.45, 2.75) is 42.1 Å². The summed E-state index contributed by atoms with van der Waals surface area (Å²) < 4.78 is 0. The summed E-state index contributed by atoms with van der Waals surface area (Å²) >= 11 is 1.77. The van der Waals surface area contributed by atoms with Crippen molar-refractivity contribution in [2.24, 2.45) is 5.73 Å². The maximum atomic E-state index is 5.89.